The van der Waals surface area contributed by atoms with Crippen LogP contribution in [0.2, 0.25) is 0 Å². The molecule has 24 heavy (non-hydrogen) atoms. The Morgan fingerprint density at radius 2 is 1.88 bits per heavy atom. The van der Waals surface area contributed by atoms with Crippen molar-refractivity contribution in [2.75, 3.05) is 7.05 Å². The lowest BCUT2D eigenvalue weighted by atomic mass is 9.95. The van der Waals surface area contributed by atoms with Crippen LogP contribution in [0.25, 0.3) is 10.9 Å². The predicted octanol–water partition coefficient (Wildman–Crippen LogP) is 4.32. The Kier molecular flexibility index (Phi) is 3.85. The summed E-state index contributed by atoms with van der Waals surface area (Å²) in [6, 6.07) is 16.2. The normalized spacial score (nSPS) is 13.7. The molecule has 1 amide bonds. The fourth-order valence-corrected chi connectivity index (χ4v) is 3.69. The van der Waals surface area contributed by atoms with Gasteiger partial charge in [-0.15, -0.1) is 0 Å². The molecule has 0 saturated carbocycles. The molecule has 1 N–H and O–H groups in total. The van der Waals surface area contributed by atoms with Crippen LogP contribution in [0.4, 0.5) is 0 Å². The van der Waals surface area contributed by atoms with Gasteiger partial charge >= 0.3 is 0 Å². The van der Waals surface area contributed by atoms with Crippen molar-refractivity contribution >= 4 is 16.8 Å². The highest BCUT2D eigenvalue weighted by molar-refractivity contribution is 5.99. The van der Waals surface area contributed by atoms with Crippen molar-refractivity contribution in [3.8, 4) is 0 Å². The van der Waals surface area contributed by atoms with Crippen molar-refractivity contribution < 1.29 is 4.79 Å². The maximum Gasteiger partial charge on any atom is 0.253 e. The second kappa shape index (κ2) is 6.16. The molecule has 0 radical (unpaired) electrons. The molecule has 0 saturated heterocycles. The molecule has 1 heterocycles. The molecule has 1 aromatic heterocycles. The van der Waals surface area contributed by atoms with Crippen LogP contribution in [-0.2, 0) is 19.4 Å². The fraction of sp³-hybridized carbons (Fsp3) is 0.286. The van der Waals surface area contributed by atoms with E-state index in [0.29, 0.717) is 6.54 Å². The molecule has 0 bridgehead atoms. The molecule has 2 aromatic carbocycles. The van der Waals surface area contributed by atoms with Gasteiger partial charge in [-0.3, -0.25) is 4.79 Å². The average Bonchev–Trinajstić information content (AvgIpc) is 2.99. The molecule has 3 aromatic rings. The molecule has 3 heteroatoms. The first kappa shape index (κ1) is 15.0. The summed E-state index contributed by atoms with van der Waals surface area (Å²) in [6.45, 7) is 0.628. The number of rotatable bonds is 3. The third-order valence-corrected chi connectivity index (χ3v) is 4.95. The van der Waals surface area contributed by atoms with E-state index in [1.165, 1.54) is 29.5 Å². The van der Waals surface area contributed by atoms with Crippen LogP contribution in [0.3, 0.4) is 0 Å². The number of amides is 1. The average molecular weight is 318 g/mol. The van der Waals surface area contributed by atoms with Crippen molar-refractivity contribution in [2.24, 2.45) is 0 Å². The maximum absolute atomic E-state index is 12.8. The smallest absolute Gasteiger partial charge is 0.253 e. The van der Waals surface area contributed by atoms with Gasteiger partial charge < -0.3 is 9.88 Å². The number of fused-ring (bicyclic) bond motifs is 3. The summed E-state index contributed by atoms with van der Waals surface area (Å²) in [5.74, 6) is 0.0755. The topological polar surface area (TPSA) is 36.1 Å². The number of hydrogen-bond donors (Lipinski definition) is 1. The summed E-state index contributed by atoms with van der Waals surface area (Å²) in [5.41, 5.74) is 5.85. The van der Waals surface area contributed by atoms with Gasteiger partial charge in [-0.2, -0.15) is 0 Å². The van der Waals surface area contributed by atoms with E-state index in [0.717, 1.165) is 29.5 Å². The molecule has 3 nitrogen and oxygen atoms in total. The van der Waals surface area contributed by atoms with Gasteiger partial charge in [-0.1, -0.05) is 30.3 Å². The van der Waals surface area contributed by atoms with Gasteiger partial charge in [0.05, 0.1) is 0 Å². The molecular weight excluding hydrogens is 296 g/mol. The van der Waals surface area contributed by atoms with Crippen molar-refractivity contribution in [2.45, 2.75) is 32.2 Å². The number of carbonyl (C=O) groups is 1. The highest BCUT2D eigenvalue weighted by Crippen LogP contribution is 2.30. The first-order valence-electron chi connectivity index (χ1n) is 8.65. The third kappa shape index (κ3) is 2.71. The van der Waals surface area contributed by atoms with E-state index in [-0.39, 0.29) is 5.91 Å². The standard InChI is InChI=1S/C21H22N2O/c1-23(14-15-7-3-2-4-8-15)21(24)16-11-12-20-18(13-16)17-9-5-6-10-19(17)22-20/h2-4,7-8,11-13,22H,5-6,9-10,14H2,1H3. The van der Waals surface area contributed by atoms with Crippen molar-refractivity contribution in [1.82, 2.24) is 9.88 Å². The Bertz CT molecular complexity index is 879. The zero-order chi connectivity index (χ0) is 16.5. The van der Waals surface area contributed by atoms with Gasteiger partial charge in [0.1, 0.15) is 0 Å². The number of aromatic amines is 1. The van der Waals surface area contributed by atoms with E-state index < -0.39 is 0 Å². The Morgan fingerprint density at radius 1 is 1.08 bits per heavy atom. The summed E-state index contributed by atoms with van der Waals surface area (Å²) >= 11 is 0. The minimum atomic E-state index is 0.0755. The maximum atomic E-state index is 12.8. The highest BCUT2D eigenvalue weighted by atomic mass is 16.2. The monoisotopic (exact) mass is 318 g/mol. The van der Waals surface area contributed by atoms with Crippen molar-refractivity contribution in [3.63, 3.8) is 0 Å². The molecule has 1 aliphatic rings. The minimum Gasteiger partial charge on any atom is -0.358 e. The molecule has 4 rings (SSSR count). The molecule has 1 aliphatic carbocycles. The summed E-state index contributed by atoms with van der Waals surface area (Å²) in [5, 5.41) is 1.23. The predicted molar refractivity (Wildman–Crippen MR) is 97.2 cm³/mol. The lowest BCUT2D eigenvalue weighted by Gasteiger charge is -2.17. The number of hydrogen-bond acceptors (Lipinski definition) is 1. The Balaban J connectivity index is 1.62. The van der Waals surface area contributed by atoms with E-state index in [4.69, 9.17) is 0 Å². The second-order valence-corrected chi connectivity index (χ2v) is 6.70. The fourth-order valence-electron chi connectivity index (χ4n) is 3.69. The number of aromatic nitrogens is 1. The number of benzene rings is 2. The highest BCUT2D eigenvalue weighted by Gasteiger charge is 2.18. The van der Waals surface area contributed by atoms with E-state index in [1.807, 2.05) is 31.3 Å². The van der Waals surface area contributed by atoms with Gasteiger partial charge in [-0.05, 0) is 55.0 Å². The lowest BCUT2D eigenvalue weighted by molar-refractivity contribution is 0.0785. The van der Waals surface area contributed by atoms with Crippen LogP contribution < -0.4 is 0 Å². The van der Waals surface area contributed by atoms with Crippen LogP contribution in [-0.4, -0.2) is 22.8 Å². The largest absolute Gasteiger partial charge is 0.358 e. The first-order chi connectivity index (χ1) is 11.7. The molecule has 0 unspecified atom stereocenters. The quantitative estimate of drug-likeness (QED) is 0.767. The Hall–Kier alpha value is -2.55. The van der Waals surface area contributed by atoms with E-state index >= 15 is 0 Å². The van der Waals surface area contributed by atoms with E-state index in [2.05, 4.69) is 29.2 Å². The van der Waals surface area contributed by atoms with Crippen LogP contribution in [0, 0.1) is 0 Å². The lowest BCUT2D eigenvalue weighted by Crippen LogP contribution is -2.26. The molecule has 0 aliphatic heterocycles. The van der Waals surface area contributed by atoms with Gasteiger partial charge in [0.25, 0.3) is 5.91 Å². The minimum absolute atomic E-state index is 0.0755. The Morgan fingerprint density at radius 3 is 2.71 bits per heavy atom. The first-order valence-corrected chi connectivity index (χ1v) is 8.65. The Labute approximate surface area is 142 Å². The van der Waals surface area contributed by atoms with Gasteiger partial charge in [0, 0.05) is 35.8 Å². The van der Waals surface area contributed by atoms with Crippen LogP contribution in [0.5, 0.6) is 0 Å². The van der Waals surface area contributed by atoms with E-state index in [1.54, 1.807) is 4.90 Å². The number of H-pyrrole nitrogens is 1. The van der Waals surface area contributed by atoms with Crippen LogP contribution >= 0.6 is 0 Å². The zero-order valence-electron chi connectivity index (χ0n) is 14.0. The second-order valence-electron chi connectivity index (χ2n) is 6.70. The van der Waals surface area contributed by atoms with Gasteiger partial charge in [-0.25, -0.2) is 0 Å². The molecule has 0 spiro atoms. The molecular formula is C21H22N2O. The number of nitrogens with zero attached hydrogens (tertiary/aromatic N) is 1. The van der Waals surface area contributed by atoms with Gasteiger partial charge in [0.15, 0.2) is 0 Å². The van der Waals surface area contributed by atoms with E-state index in [9.17, 15) is 4.79 Å². The number of carbonyl (C=O) groups excluding carboxylic acids is 1. The van der Waals surface area contributed by atoms with Crippen molar-refractivity contribution in [3.05, 3.63) is 70.9 Å². The van der Waals surface area contributed by atoms with Crippen molar-refractivity contribution in [1.29, 1.82) is 0 Å². The summed E-state index contributed by atoms with van der Waals surface area (Å²) < 4.78 is 0. The van der Waals surface area contributed by atoms with Gasteiger partial charge in [0.2, 0.25) is 0 Å². The zero-order valence-corrected chi connectivity index (χ0v) is 14.0. The van der Waals surface area contributed by atoms with Crippen LogP contribution in [0.1, 0.15) is 40.0 Å². The summed E-state index contributed by atoms with van der Waals surface area (Å²) in [6.07, 6.45) is 4.74. The third-order valence-electron chi connectivity index (χ3n) is 4.95. The van der Waals surface area contributed by atoms with Crippen LogP contribution in [0.15, 0.2) is 48.5 Å². The number of nitrogens with one attached hydrogen (secondary N) is 1. The number of aryl methyl sites for hydroxylation is 2. The summed E-state index contributed by atoms with van der Waals surface area (Å²) in [4.78, 5) is 18.1. The SMILES string of the molecule is CN(Cc1ccccc1)C(=O)c1ccc2[nH]c3c(c2c1)CCCC3. The molecule has 0 fully saturated rings. The molecule has 0 atom stereocenters. The summed E-state index contributed by atoms with van der Waals surface area (Å²) in [7, 11) is 1.87. The molecule has 122 valence electrons.